The lowest BCUT2D eigenvalue weighted by molar-refractivity contribution is 0.671. The van der Waals surface area contributed by atoms with Crippen LogP contribution in [0, 0.1) is 0 Å². The Hall–Kier alpha value is -1.91. The Bertz CT molecular complexity index is 792. The van der Waals surface area contributed by atoms with Crippen molar-refractivity contribution < 1.29 is 0 Å². The minimum atomic E-state index is 0.636. The monoisotopic (exact) mass is 298 g/mol. The predicted octanol–water partition coefficient (Wildman–Crippen LogP) is 3.33. The first-order chi connectivity index (χ1) is 10.3. The molecule has 3 aromatic rings. The number of rotatable bonds is 4. The molecule has 0 radical (unpaired) electrons. The van der Waals surface area contributed by atoms with Crippen LogP contribution in [0.5, 0.6) is 0 Å². The van der Waals surface area contributed by atoms with E-state index in [4.69, 9.17) is 11.6 Å². The molecule has 0 bridgehead atoms. The second kappa shape index (κ2) is 5.13. The first-order valence-corrected chi connectivity index (χ1v) is 7.51. The Kier molecular flexibility index (Phi) is 3.13. The molecule has 1 aliphatic rings. The molecule has 0 saturated heterocycles. The van der Waals surface area contributed by atoms with Gasteiger partial charge in [0.25, 0.3) is 0 Å². The average Bonchev–Trinajstić information content (AvgIpc) is 3.24. The van der Waals surface area contributed by atoms with Crippen LogP contribution in [0.25, 0.3) is 16.7 Å². The maximum absolute atomic E-state index is 6.25. The molecule has 0 atom stereocenters. The summed E-state index contributed by atoms with van der Waals surface area (Å²) in [4.78, 5) is 4.67. The number of hydrogen-bond donors (Lipinski definition) is 1. The van der Waals surface area contributed by atoms with Crippen molar-refractivity contribution in [2.75, 3.05) is 0 Å². The number of benzene rings is 1. The minimum Gasteiger partial charge on any atom is -0.308 e. The third kappa shape index (κ3) is 2.52. The van der Waals surface area contributed by atoms with Gasteiger partial charge in [0.15, 0.2) is 5.82 Å². The van der Waals surface area contributed by atoms with Crippen LogP contribution < -0.4 is 5.32 Å². The number of pyridine rings is 1. The maximum Gasteiger partial charge on any atom is 0.154 e. The van der Waals surface area contributed by atoms with Crippen LogP contribution in [0.3, 0.4) is 0 Å². The van der Waals surface area contributed by atoms with E-state index in [9.17, 15) is 0 Å². The number of aromatic nitrogens is 3. The molecule has 1 N–H and O–H groups in total. The lowest BCUT2D eigenvalue weighted by Crippen LogP contribution is -2.17. The molecule has 4 nitrogen and oxygen atoms in total. The van der Waals surface area contributed by atoms with Crippen LogP contribution in [0.1, 0.15) is 18.5 Å². The molecule has 1 aromatic carbocycles. The summed E-state index contributed by atoms with van der Waals surface area (Å²) in [5.41, 5.74) is 1.93. The lowest BCUT2D eigenvalue weighted by Gasteiger charge is -2.08. The Morgan fingerprint density at radius 3 is 2.90 bits per heavy atom. The summed E-state index contributed by atoms with van der Waals surface area (Å²) in [6.45, 7) is 0.705. The van der Waals surface area contributed by atoms with Gasteiger partial charge < -0.3 is 5.32 Å². The van der Waals surface area contributed by atoms with Gasteiger partial charge >= 0.3 is 0 Å². The fraction of sp³-hybridized carbons (Fsp3) is 0.250. The molecule has 1 aliphatic carbocycles. The molecule has 0 unspecified atom stereocenters. The Morgan fingerprint density at radius 2 is 2.05 bits per heavy atom. The van der Waals surface area contributed by atoms with E-state index < -0.39 is 0 Å². The van der Waals surface area contributed by atoms with Crippen LogP contribution in [-0.2, 0) is 6.54 Å². The molecule has 0 spiro atoms. The highest BCUT2D eigenvalue weighted by Gasteiger charge is 2.21. The molecule has 21 heavy (non-hydrogen) atoms. The van der Waals surface area contributed by atoms with Crippen LogP contribution in [0.2, 0.25) is 5.02 Å². The summed E-state index contributed by atoms with van der Waals surface area (Å²) in [6, 6.07) is 12.5. The van der Waals surface area contributed by atoms with E-state index in [2.05, 4.69) is 15.4 Å². The molecule has 1 saturated carbocycles. The molecule has 4 rings (SSSR count). The van der Waals surface area contributed by atoms with Crippen molar-refractivity contribution in [1.82, 2.24) is 20.1 Å². The zero-order valence-corrected chi connectivity index (χ0v) is 12.2. The van der Waals surface area contributed by atoms with Crippen LogP contribution in [0.4, 0.5) is 0 Å². The zero-order valence-electron chi connectivity index (χ0n) is 11.5. The predicted molar refractivity (Wildman–Crippen MR) is 83.7 cm³/mol. The van der Waals surface area contributed by atoms with Crippen molar-refractivity contribution >= 4 is 22.5 Å². The van der Waals surface area contributed by atoms with E-state index in [1.165, 1.54) is 12.8 Å². The van der Waals surface area contributed by atoms with E-state index in [1.54, 1.807) is 0 Å². The van der Waals surface area contributed by atoms with Gasteiger partial charge in [0.2, 0.25) is 0 Å². The normalized spacial score (nSPS) is 14.7. The van der Waals surface area contributed by atoms with Crippen LogP contribution in [0.15, 0.2) is 42.6 Å². The highest BCUT2D eigenvalue weighted by Crippen LogP contribution is 2.22. The van der Waals surface area contributed by atoms with Gasteiger partial charge in [-0.3, -0.25) is 0 Å². The summed E-state index contributed by atoms with van der Waals surface area (Å²) in [5, 5.41) is 9.68. The molecule has 5 heteroatoms. The first-order valence-electron chi connectivity index (χ1n) is 7.13. The van der Waals surface area contributed by atoms with Gasteiger partial charge in [-0.25, -0.2) is 9.67 Å². The molecule has 0 amide bonds. The molecule has 0 aliphatic heterocycles. The zero-order chi connectivity index (χ0) is 14.2. The smallest absolute Gasteiger partial charge is 0.154 e. The van der Waals surface area contributed by atoms with Crippen molar-refractivity contribution in [3.63, 3.8) is 0 Å². The van der Waals surface area contributed by atoms with Gasteiger partial charge in [-0.1, -0.05) is 29.8 Å². The quantitative estimate of drug-likeness (QED) is 0.803. The van der Waals surface area contributed by atoms with Crippen molar-refractivity contribution in [2.45, 2.75) is 25.4 Å². The third-order valence-corrected chi connectivity index (χ3v) is 4.08. The topological polar surface area (TPSA) is 42.7 Å². The van der Waals surface area contributed by atoms with Gasteiger partial charge in [0.1, 0.15) is 0 Å². The molecule has 2 aromatic heterocycles. The third-order valence-electron chi connectivity index (χ3n) is 3.73. The fourth-order valence-corrected chi connectivity index (χ4v) is 2.57. The second-order valence-corrected chi connectivity index (χ2v) is 5.78. The number of fused-ring (bicyclic) bond motifs is 1. The summed E-state index contributed by atoms with van der Waals surface area (Å²) in [5.74, 6) is 0.799. The van der Waals surface area contributed by atoms with E-state index in [0.29, 0.717) is 17.6 Å². The highest BCUT2D eigenvalue weighted by atomic mass is 35.5. The van der Waals surface area contributed by atoms with Gasteiger partial charge in [0, 0.05) is 18.0 Å². The Labute approximate surface area is 127 Å². The van der Waals surface area contributed by atoms with Crippen LogP contribution in [-0.4, -0.2) is 20.8 Å². The number of nitrogens with one attached hydrogen (secondary N) is 1. The van der Waals surface area contributed by atoms with Crippen molar-refractivity contribution in [3.8, 4) is 5.82 Å². The molecular formula is C16H15ClN4. The van der Waals surface area contributed by atoms with Crippen molar-refractivity contribution in [2.24, 2.45) is 0 Å². The van der Waals surface area contributed by atoms with Crippen molar-refractivity contribution in [1.29, 1.82) is 0 Å². The molecule has 2 heterocycles. The van der Waals surface area contributed by atoms with Gasteiger partial charge in [0.05, 0.1) is 22.4 Å². The van der Waals surface area contributed by atoms with Gasteiger partial charge in [-0.2, -0.15) is 5.10 Å². The Balaban J connectivity index is 1.72. The maximum atomic E-state index is 6.25. The molecular weight excluding hydrogens is 284 g/mol. The highest BCUT2D eigenvalue weighted by molar-refractivity contribution is 6.31. The van der Waals surface area contributed by atoms with Gasteiger partial charge in [-0.15, -0.1) is 0 Å². The SMILES string of the molecule is Clc1ccc(-n2ncc3ccccc32)nc1CNC1CC1. The van der Waals surface area contributed by atoms with E-state index >= 15 is 0 Å². The number of hydrogen-bond acceptors (Lipinski definition) is 3. The van der Waals surface area contributed by atoms with E-state index in [1.807, 2.05) is 47.3 Å². The van der Waals surface area contributed by atoms with Gasteiger partial charge in [-0.05, 0) is 31.0 Å². The van der Waals surface area contributed by atoms with Crippen molar-refractivity contribution in [3.05, 3.63) is 53.3 Å². The summed E-state index contributed by atoms with van der Waals surface area (Å²) >= 11 is 6.25. The Morgan fingerprint density at radius 1 is 1.19 bits per heavy atom. The lowest BCUT2D eigenvalue weighted by atomic mass is 10.2. The summed E-state index contributed by atoms with van der Waals surface area (Å²) in [7, 11) is 0. The standard InChI is InChI=1S/C16H15ClN4/c17-13-7-8-16(20-14(13)10-18-12-5-6-12)21-15-4-2-1-3-11(15)9-19-21/h1-4,7-9,12,18H,5-6,10H2. The minimum absolute atomic E-state index is 0.636. The summed E-state index contributed by atoms with van der Waals surface area (Å²) in [6.07, 6.45) is 4.36. The average molecular weight is 299 g/mol. The number of nitrogens with zero attached hydrogens (tertiary/aromatic N) is 3. The van der Waals surface area contributed by atoms with E-state index in [0.717, 1.165) is 22.4 Å². The largest absolute Gasteiger partial charge is 0.308 e. The van der Waals surface area contributed by atoms with E-state index in [-0.39, 0.29) is 0 Å². The number of para-hydroxylation sites is 1. The molecule has 1 fully saturated rings. The second-order valence-electron chi connectivity index (χ2n) is 5.37. The fourth-order valence-electron chi connectivity index (χ4n) is 2.40. The first kappa shape index (κ1) is 12.8. The number of halogens is 1. The molecule has 106 valence electrons. The van der Waals surface area contributed by atoms with Crippen LogP contribution >= 0.6 is 11.6 Å². The summed E-state index contributed by atoms with van der Waals surface area (Å²) < 4.78 is 1.85.